The average molecular weight is 321 g/mol. The Labute approximate surface area is 126 Å². The van der Waals surface area contributed by atoms with E-state index in [0.29, 0.717) is 4.83 Å². The summed E-state index contributed by atoms with van der Waals surface area (Å²) in [4.78, 5) is 0.362. The van der Waals surface area contributed by atoms with Gasteiger partial charge in [-0.15, -0.1) is 0 Å². The molecule has 1 atom stereocenters. The van der Waals surface area contributed by atoms with Crippen LogP contribution in [0.25, 0.3) is 12.2 Å². The zero-order valence-corrected chi connectivity index (χ0v) is 14.2. The van der Waals surface area contributed by atoms with Crippen LogP contribution in [0.15, 0.2) is 13.2 Å². The first-order valence-corrected chi connectivity index (χ1v) is 8.08. The van der Waals surface area contributed by atoms with Crippen LogP contribution in [0.1, 0.15) is 65.9 Å². The molecule has 0 saturated heterocycles. The molecule has 0 aliphatic heterocycles. The number of hydrogen-bond acceptors (Lipinski definition) is 0. The van der Waals surface area contributed by atoms with E-state index in [0.717, 1.165) is 19.3 Å². The van der Waals surface area contributed by atoms with Gasteiger partial charge in [-0.05, 0) is 59.6 Å². The summed E-state index contributed by atoms with van der Waals surface area (Å²) in [5.74, 6) is 0. The molecule has 0 N–H and O–H groups in total. The minimum Gasteiger partial charge on any atom is -0.0984 e. The smallest absolute Gasteiger partial charge is 0.0373 e. The molecule has 1 aromatic rings. The summed E-state index contributed by atoms with van der Waals surface area (Å²) >= 11 is 3.77. The second kappa shape index (κ2) is 7.09. The molecule has 1 aromatic carbocycles. The van der Waals surface area contributed by atoms with Crippen LogP contribution >= 0.6 is 15.9 Å². The Morgan fingerprint density at radius 1 is 0.895 bits per heavy atom. The fourth-order valence-corrected chi connectivity index (χ4v) is 3.65. The third kappa shape index (κ3) is 2.86. The van der Waals surface area contributed by atoms with Crippen molar-refractivity contribution in [3.05, 3.63) is 46.5 Å². The largest absolute Gasteiger partial charge is 0.0984 e. The highest BCUT2D eigenvalue weighted by atomic mass is 79.9. The van der Waals surface area contributed by atoms with Crippen molar-refractivity contribution in [2.24, 2.45) is 0 Å². The number of rotatable bonds is 6. The molecule has 0 saturated carbocycles. The van der Waals surface area contributed by atoms with E-state index in [1.54, 1.807) is 0 Å². The Balaban J connectivity index is 3.90. The third-order valence-corrected chi connectivity index (χ3v) is 4.28. The Kier molecular flexibility index (Phi) is 6.06. The number of halogens is 1. The van der Waals surface area contributed by atoms with Gasteiger partial charge in [0, 0.05) is 4.83 Å². The molecule has 104 valence electrons. The van der Waals surface area contributed by atoms with Crippen LogP contribution in [-0.2, 0) is 19.3 Å². The van der Waals surface area contributed by atoms with Crippen molar-refractivity contribution in [1.29, 1.82) is 0 Å². The molecule has 0 bridgehead atoms. The topological polar surface area (TPSA) is 0 Å². The Morgan fingerprint density at radius 3 is 1.47 bits per heavy atom. The highest BCUT2D eigenvalue weighted by Crippen LogP contribution is 2.37. The van der Waals surface area contributed by atoms with Crippen molar-refractivity contribution < 1.29 is 0 Å². The molecule has 0 aliphatic carbocycles. The van der Waals surface area contributed by atoms with Crippen molar-refractivity contribution in [2.75, 3.05) is 0 Å². The lowest BCUT2D eigenvalue weighted by Gasteiger charge is -2.24. The SMILES string of the molecule is C=Cc1c(CC)c(C=C)c(CC)c(C(C)Br)c1CC. The predicted octanol–water partition coefficient (Wildman–Crippen LogP) is 6.12. The van der Waals surface area contributed by atoms with Gasteiger partial charge in [0.15, 0.2) is 0 Å². The molecule has 19 heavy (non-hydrogen) atoms. The maximum Gasteiger partial charge on any atom is 0.0373 e. The summed E-state index contributed by atoms with van der Waals surface area (Å²) in [6.45, 7) is 16.9. The Morgan fingerprint density at radius 2 is 1.26 bits per heavy atom. The molecule has 0 nitrogen and oxygen atoms in total. The quantitative estimate of drug-likeness (QED) is 0.554. The fourth-order valence-electron chi connectivity index (χ4n) is 3.10. The van der Waals surface area contributed by atoms with Crippen molar-refractivity contribution in [3.8, 4) is 0 Å². The van der Waals surface area contributed by atoms with Crippen molar-refractivity contribution in [1.82, 2.24) is 0 Å². The zero-order chi connectivity index (χ0) is 14.6. The van der Waals surface area contributed by atoms with Gasteiger partial charge in [0.2, 0.25) is 0 Å². The predicted molar refractivity (Wildman–Crippen MR) is 92.1 cm³/mol. The van der Waals surface area contributed by atoms with E-state index in [4.69, 9.17) is 0 Å². The first-order chi connectivity index (χ1) is 9.06. The summed E-state index contributed by atoms with van der Waals surface area (Å²) in [5, 5.41) is 0. The lowest BCUT2D eigenvalue weighted by atomic mass is 9.82. The van der Waals surface area contributed by atoms with Crippen LogP contribution in [0.4, 0.5) is 0 Å². The zero-order valence-electron chi connectivity index (χ0n) is 12.6. The molecular weight excluding hydrogens is 296 g/mol. The molecule has 1 rings (SSSR count). The lowest BCUT2D eigenvalue weighted by Crippen LogP contribution is -2.09. The molecule has 1 unspecified atom stereocenters. The molecule has 0 radical (unpaired) electrons. The monoisotopic (exact) mass is 320 g/mol. The van der Waals surface area contributed by atoms with Gasteiger partial charge in [0.25, 0.3) is 0 Å². The van der Waals surface area contributed by atoms with Gasteiger partial charge in [-0.2, -0.15) is 0 Å². The Hall–Kier alpha value is -0.820. The van der Waals surface area contributed by atoms with E-state index >= 15 is 0 Å². The minimum absolute atomic E-state index is 0.362. The highest BCUT2D eigenvalue weighted by molar-refractivity contribution is 9.09. The maximum atomic E-state index is 4.03. The molecule has 0 aromatic heterocycles. The van der Waals surface area contributed by atoms with E-state index in [2.05, 4.69) is 56.8 Å². The summed E-state index contributed by atoms with van der Waals surface area (Å²) in [6, 6.07) is 0. The van der Waals surface area contributed by atoms with Crippen LogP contribution < -0.4 is 0 Å². The van der Waals surface area contributed by atoms with Gasteiger partial charge in [-0.1, -0.05) is 62.0 Å². The first kappa shape index (κ1) is 16.2. The molecule has 0 aliphatic rings. The van der Waals surface area contributed by atoms with E-state index in [-0.39, 0.29) is 0 Å². The summed E-state index contributed by atoms with van der Waals surface area (Å²) in [5.41, 5.74) is 8.36. The van der Waals surface area contributed by atoms with Crippen molar-refractivity contribution in [3.63, 3.8) is 0 Å². The second-order valence-corrected chi connectivity index (χ2v) is 6.14. The average Bonchev–Trinajstić information content (AvgIpc) is 2.43. The van der Waals surface area contributed by atoms with E-state index in [1.165, 1.54) is 33.4 Å². The molecule has 0 heterocycles. The second-order valence-electron chi connectivity index (χ2n) is 4.76. The molecule has 0 spiro atoms. The molecular formula is C18H25Br. The number of benzene rings is 1. The van der Waals surface area contributed by atoms with Crippen LogP contribution in [0.2, 0.25) is 0 Å². The van der Waals surface area contributed by atoms with Gasteiger partial charge in [-0.3, -0.25) is 0 Å². The fraction of sp³-hybridized carbons (Fsp3) is 0.444. The maximum absolute atomic E-state index is 4.03. The summed E-state index contributed by atoms with van der Waals surface area (Å²) in [7, 11) is 0. The van der Waals surface area contributed by atoms with Crippen molar-refractivity contribution in [2.45, 2.75) is 51.8 Å². The van der Waals surface area contributed by atoms with Gasteiger partial charge >= 0.3 is 0 Å². The highest BCUT2D eigenvalue weighted by Gasteiger charge is 2.20. The minimum atomic E-state index is 0.362. The lowest BCUT2D eigenvalue weighted by molar-refractivity contribution is 0.948. The van der Waals surface area contributed by atoms with E-state index in [9.17, 15) is 0 Å². The normalized spacial score (nSPS) is 12.3. The van der Waals surface area contributed by atoms with Gasteiger partial charge in [-0.25, -0.2) is 0 Å². The number of alkyl halides is 1. The molecule has 0 amide bonds. The van der Waals surface area contributed by atoms with E-state index < -0.39 is 0 Å². The van der Waals surface area contributed by atoms with Crippen LogP contribution in [0.3, 0.4) is 0 Å². The van der Waals surface area contributed by atoms with Gasteiger partial charge < -0.3 is 0 Å². The molecule has 1 heteroatoms. The first-order valence-electron chi connectivity index (χ1n) is 7.16. The van der Waals surface area contributed by atoms with E-state index in [1.807, 2.05) is 12.2 Å². The van der Waals surface area contributed by atoms with Gasteiger partial charge in [0.1, 0.15) is 0 Å². The Bertz CT molecular complexity index is 444. The number of hydrogen-bond donors (Lipinski definition) is 0. The van der Waals surface area contributed by atoms with Crippen LogP contribution in [0.5, 0.6) is 0 Å². The van der Waals surface area contributed by atoms with Crippen LogP contribution in [0, 0.1) is 0 Å². The summed E-state index contributed by atoms with van der Waals surface area (Å²) in [6.07, 6.45) is 7.15. The van der Waals surface area contributed by atoms with Crippen LogP contribution in [-0.4, -0.2) is 0 Å². The van der Waals surface area contributed by atoms with Gasteiger partial charge in [0.05, 0.1) is 0 Å². The standard InChI is InChI=1S/C18H25Br/c1-7-13-14(8-2)16(10-4)18(12(6)19)17(11-5)15(13)9-3/h8-9,12H,2-3,7,10-11H2,1,4-6H3. The van der Waals surface area contributed by atoms with Crippen molar-refractivity contribution >= 4 is 28.1 Å². The molecule has 0 fully saturated rings. The third-order valence-electron chi connectivity index (χ3n) is 3.82. The summed E-state index contributed by atoms with van der Waals surface area (Å²) < 4.78 is 0.